The van der Waals surface area contributed by atoms with Crippen molar-refractivity contribution in [1.82, 2.24) is 14.2 Å². The summed E-state index contributed by atoms with van der Waals surface area (Å²) in [5.41, 5.74) is 1.39. The Hall–Kier alpha value is -3.51. The summed E-state index contributed by atoms with van der Waals surface area (Å²) in [4.78, 5) is 21.7. The lowest BCUT2D eigenvalue weighted by Gasteiger charge is -2.34. The minimum atomic E-state index is -3.87. The second kappa shape index (κ2) is 10.8. The Morgan fingerprint density at radius 1 is 0.971 bits per heavy atom. The number of sulfonamides is 1. The molecule has 0 bridgehead atoms. The summed E-state index contributed by atoms with van der Waals surface area (Å²) in [6.45, 7) is 2.46. The molecule has 1 aromatic heterocycles. The van der Waals surface area contributed by atoms with Crippen LogP contribution in [0, 0.1) is 22.7 Å². The Morgan fingerprint density at radius 3 is 2.20 bits per heavy atom. The smallest absolute Gasteiger partial charge is 0.253 e. The number of carbonyl (C=O) groups excluding carboxylic acids is 1. The number of amides is 1. The van der Waals surface area contributed by atoms with E-state index in [4.69, 9.17) is 15.5 Å². The fourth-order valence-corrected chi connectivity index (χ4v) is 6.36. The highest BCUT2D eigenvalue weighted by atomic mass is 32.2. The molecule has 2 heterocycles. The zero-order valence-electron chi connectivity index (χ0n) is 19.0. The molecule has 11 heteroatoms. The summed E-state index contributed by atoms with van der Waals surface area (Å²) in [5.74, 6) is -0.149. The minimum absolute atomic E-state index is 0.0140. The molecule has 1 aliphatic heterocycles. The van der Waals surface area contributed by atoms with Gasteiger partial charge >= 0.3 is 0 Å². The normalized spacial score (nSPS) is 14.1. The van der Waals surface area contributed by atoms with Crippen LogP contribution in [0.3, 0.4) is 0 Å². The number of hydrogen-bond acceptors (Lipinski definition) is 8. The Balaban J connectivity index is 1.40. The zero-order valence-corrected chi connectivity index (χ0v) is 20.6. The van der Waals surface area contributed by atoms with Gasteiger partial charge in [0.2, 0.25) is 10.0 Å². The second-order valence-corrected chi connectivity index (χ2v) is 10.9. The molecule has 0 N–H and O–H groups in total. The van der Waals surface area contributed by atoms with E-state index in [2.05, 4.69) is 4.90 Å². The van der Waals surface area contributed by atoms with Gasteiger partial charge in [-0.3, -0.25) is 4.79 Å². The van der Waals surface area contributed by atoms with Gasteiger partial charge in [0.1, 0.15) is 0 Å². The van der Waals surface area contributed by atoms with Crippen molar-refractivity contribution in [3.63, 3.8) is 0 Å². The van der Waals surface area contributed by atoms with Crippen LogP contribution >= 0.6 is 11.3 Å². The first-order chi connectivity index (χ1) is 16.9. The molecule has 0 unspecified atom stereocenters. The van der Waals surface area contributed by atoms with E-state index < -0.39 is 10.0 Å². The van der Waals surface area contributed by atoms with Gasteiger partial charge in [-0.25, -0.2) is 13.4 Å². The summed E-state index contributed by atoms with van der Waals surface area (Å²) < 4.78 is 28.2. The topological polar surface area (TPSA) is 121 Å². The number of fused-ring (bicyclic) bond motifs is 1. The highest BCUT2D eigenvalue weighted by molar-refractivity contribution is 7.89. The van der Waals surface area contributed by atoms with Gasteiger partial charge in [0.25, 0.3) is 5.91 Å². The fraction of sp³-hybridized carbons (Fsp3) is 0.333. The first kappa shape index (κ1) is 24.6. The van der Waals surface area contributed by atoms with Gasteiger partial charge in [-0.2, -0.15) is 14.8 Å². The van der Waals surface area contributed by atoms with Crippen LogP contribution in [0.4, 0.5) is 5.13 Å². The van der Waals surface area contributed by atoms with Gasteiger partial charge in [0.15, 0.2) is 5.13 Å². The van der Waals surface area contributed by atoms with Crippen molar-refractivity contribution in [3.8, 4) is 12.1 Å². The molecule has 4 rings (SSSR count). The molecule has 0 spiro atoms. The van der Waals surface area contributed by atoms with Crippen molar-refractivity contribution in [2.24, 2.45) is 0 Å². The van der Waals surface area contributed by atoms with Crippen molar-refractivity contribution in [2.75, 3.05) is 44.2 Å². The minimum Gasteiger partial charge on any atom is -0.345 e. The number of piperazine rings is 1. The first-order valence-electron chi connectivity index (χ1n) is 11.2. The van der Waals surface area contributed by atoms with Crippen molar-refractivity contribution in [2.45, 2.75) is 17.7 Å². The molecule has 180 valence electrons. The number of anilines is 1. The number of hydrogen-bond donors (Lipinski definition) is 0. The molecule has 2 aromatic carbocycles. The number of thiazole rings is 1. The molecule has 1 fully saturated rings. The average Bonchev–Trinajstić information content (AvgIpc) is 3.33. The van der Waals surface area contributed by atoms with Crippen molar-refractivity contribution in [3.05, 3.63) is 54.1 Å². The number of rotatable bonds is 8. The summed E-state index contributed by atoms with van der Waals surface area (Å²) >= 11 is 1.64. The van der Waals surface area contributed by atoms with E-state index >= 15 is 0 Å². The van der Waals surface area contributed by atoms with Crippen LogP contribution in [0.2, 0.25) is 0 Å². The molecule has 0 radical (unpaired) electrons. The molecular weight excluding hydrogens is 484 g/mol. The quantitative estimate of drug-likeness (QED) is 0.458. The maximum Gasteiger partial charge on any atom is 0.253 e. The molecule has 3 aromatic rings. The number of benzene rings is 2. The van der Waals surface area contributed by atoms with Gasteiger partial charge in [0.05, 0.1) is 27.3 Å². The van der Waals surface area contributed by atoms with E-state index in [1.54, 1.807) is 16.2 Å². The third kappa shape index (κ3) is 5.43. The van der Waals surface area contributed by atoms with E-state index in [9.17, 15) is 13.2 Å². The van der Waals surface area contributed by atoms with Crippen molar-refractivity contribution < 1.29 is 13.2 Å². The lowest BCUT2D eigenvalue weighted by atomic mass is 10.2. The summed E-state index contributed by atoms with van der Waals surface area (Å²) in [6.07, 6.45) is 0.0639. The lowest BCUT2D eigenvalue weighted by Crippen LogP contribution is -2.48. The molecule has 9 nitrogen and oxygen atoms in total. The summed E-state index contributed by atoms with van der Waals surface area (Å²) in [7, 11) is -3.87. The number of para-hydroxylation sites is 1. The molecule has 0 saturated carbocycles. The second-order valence-electron chi connectivity index (χ2n) is 7.99. The Kier molecular flexibility index (Phi) is 7.61. The van der Waals surface area contributed by atoms with E-state index in [0.717, 1.165) is 19.7 Å². The van der Waals surface area contributed by atoms with Gasteiger partial charge in [0, 0.05) is 57.7 Å². The molecule has 0 atom stereocenters. The fourth-order valence-electron chi connectivity index (χ4n) is 3.90. The van der Waals surface area contributed by atoms with Crippen LogP contribution in [0.1, 0.15) is 23.2 Å². The standard InChI is InChI=1S/C24H24N6O3S2/c25-11-3-13-30(14-4-12-26)35(32,33)20-9-7-19(8-10-20)23(31)28-15-17-29(18-16-28)24-27-21-5-1-2-6-22(21)34-24/h1-2,5-10H,3-4,13-18H2. The number of aromatic nitrogens is 1. The molecule has 1 saturated heterocycles. The predicted octanol–water partition coefficient (Wildman–Crippen LogP) is 3.08. The number of nitriles is 2. The highest BCUT2D eigenvalue weighted by Crippen LogP contribution is 2.29. The molecule has 0 aliphatic carbocycles. The van der Waals surface area contributed by atoms with Crippen LogP contribution in [0.5, 0.6) is 0 Å². The third-order valence-corrected chi connectivity index (χ3v) is 8.82. The maximum atomic E-state index is 13.0. The largest absolute Gasteiger partial charge is 0.345 e. The predicted molar refractivity (Wildman–Crippen MR) is 133 cm³/mol. The molecule has 1 amide bonds. The third-order valence-electron chi connectivity index (χ3n) is 5.81. The van der Waals surface area contributed by atoms with Crippen molar-refractivity contribution in [1.29, 1.82) is 10.5 Å². The van der Waals surface area contributed by atoms with Gasteiger partial charge < -0.3 is 9.80 Å². The van der Waals surface area contributed by atoms with Crippen LogP contribution in [-0.2, 0) is 10.0 Å². The Labute approximate surface area is 208 Å². The zero-order chi connectivity index (χ0) is 24.8. The Bertz CT molecular complexity index is 1330. The highest BCUT2D eigenvalue weighted by Gasteiger charge is 2.26. The SMILES string of the molecule is N#CCCN(CCC#N)S(=O)(=O)c1ccc(C(=O)N2CCN(c3nc4ccccc4s3)CC2)cc1. The van der Waals surface area contributed by atoms with Crippen LogP contribution in [0.15, 0.2) is 53.4 Å². The molecule has 35 heavy (non-hydrogen) atoms. The van der Waals surface area contributed by atoms with Crippen molar-refractivity contribution >= 4 is 42.6 Å². The lowest BCUT2D eigenvalue weighted by molar-refractivity contribution is 0.0746. The van der Waals surface area contributed by atoms with E-state index in [-0.39, 0.29) is 36.7 Å². The van der Waals surface area contributed by atoms with Crippen LogP contribution in [-0.4, -0.2) is 67.8 Å². The number of nitrogens with zero attached hydrogens (tertiary/aromatic N) is 6. The molecular formula is C24H24N6O3S2. The average molecular weight is 509 g/mol. The first-order valence-corrected chi connectivity index (χ1v) is 13.4. The van der Waals surface area contributed by atoms with E-state index in [1.165, 1.54) is 24.3 Å². The maximum absolute atomic E-state index is 13.0. The van der Waals surface area contributed by atoms with Gasteiger partial charge in [-0.1, -0.05) is 23.5 Å². The monoisotopic (exact) mass is 508 g/mol. The van der Waals surface area contributed by atoms with Gasteiger partial charge in [-0.05, 0) is 36.4 Å². The summed E-state index contributed by atoms with van der Waals surface area (Å²) in [6, 6.07) is 17.7. The summed E-state index contributed by atoms with van der Waals surface area (Å²) in [5, 5.41) is 18.6. The van der Waals surface area contributed by atoms with Crippen LogP contribution in [0.25, 0.3) is 10.2 Å². The van der Waals surface area contributed by atoms with Gasteiger partial charge in [-0.15, -0.1) is 0 Å². The number of carbonyl (C=O) groups is 1. The molecule has 1 aliphatic rings. The van der Waals surface area contributed by atoms with E-state index in [0.29, 0.717) is 31.7 Å². The van der Waals surface area contributed by atoms with E-state index in [1.807, 2.05) is 36.4 Å². The van der Waals surface area contributed by atoms with Crippen LogP contribution < -0.4 is 4.90 Å². The Morgan fingerprint density at radius 2 is 1.60 bits per heavy atom.